The molecule has 0 amide bonds. The third-order valence-electron chi connectivity index (χ3n) is 5.58. The highest BCUT2D eigenvalue weighted by Gasteiger charge is 2.39. The van der Waals surface area contributed by atoms with Crippen LogP contribution in [0.2, 0.25) is 0 Å². The third kappa shape index (κ3) is 4.51. The van der Waals surface area contributed by atoms with Gasteiger partial charge in [-0.3, -0.25) is 4.72 Å². The molecule has 1 aliphatic heterocycles. The molecule has 1 unspecified atom stereocenters. The first-order chi connectivity index (χ1) is 13.9. The highest BCUT2D eigenvalue weighted by Crippen LogP contribution is 2.40. The SMILES string of the molecule is O=S(=O)(Nc1ccc(F)c(F)c1)c1ccc(NC2CCOC3(CCCC3)C2)nc1. The molecule has 1 spiro atoms. The van der Waals surface area contributed by atoms with E-state index in [1.165, 1.54) is 25.1 Å². The first-order valence-corrected chi connectivity index (χ1v) is 11.2. The highest BCUT2D eigenvalue weighted by atomic mass is 32.2. The Balaban J connectivity index is 1.42. The van der Waals surface area contributed by atoms with E-state index in [9.17, 15) is 17.2 Å². The predicted molar refractivity (Wildman–Crippen MR) is 105 cm³/mol. The molecule has 1 saturated heterocycles. The number of aromatic nitrogens is 1. The van der Waals surface area contributed by atoms with Gasteiger partial charge >= 0.3 is 0 Å². The van der Waals surface area contributed by atoms with Gasteiger partial charge in [-0.2, -0.15) is 0 Å². The molecule has 6 nitrogen and oxygen atoms in total. The van der Waals surface area contributed by atoms with E-state index in [1.807, 2.05) is 0 Å². The molecule has 29 heavy (non-hydrogen) atoms. The number of benzene rings is 1. The molecule has 4 rings (SSSR count). The van der Waals surface area contributed by atoms with Gasteiger partial charge in [-0.1, -0.05) is 12.8 Å². The summed E-state index contributed by atoms with van der Waals surface area (Å²) in [4.78, 5) is 4.16. The van der Waals surface area contributed by atoms with Crippen molar-refractivity contribution in [3.05, 3.63) is 48.2 Å². The van der Waals surface area contributed by atoms with Crippen LogP contribution in [-0.4, -0.2) is 31.7 Å². The Bertz CT molecular complexity index is 977. The zero-order valence-electron chi connectivity index (χ0n) is 15.8. The fourth-order valence-electron chi connectivity index (χ4n) is 4.13. The summed E-state index contributed by atoms with van der Waals surface area (Å²) < 4.78 is 59.5. The van der Waals surface area contributed by atoms with E-state index in [1.54, 1.807) is 6.07 Å². The molecule has 0 bridgehead atoms. The number of hydrogen-bond donors (Lipinski definition) is 2. The van der Waals surface area contributed by atoms with E-state index in [2.05, 4.69) is 15.0 Å². The van der Waals surface area contributed by atoms with Crippen molar-refractivity contribution in [2.24, 2.45) is 0 Å². The van der Waals surface area contributed by atoms with E-state index in [0.29, 0.717) is 12.4 Å². The largest absolute Gasteiger partial charge is 0.375 e. The standard InChI is InChI=1S/C20H23F2N3O3S/c21-17-5-3-14(11-18(17)22)25-29(26,27)16-4-6-19(23-13-16)24-15-7-10-28-20(12-15)8-1-2-9-20/h3-6,11,13,15,25H,1-2,7-10,12H2,(H,23,24). The summed E-state index contributed by atoms with van der Waals surface area (Å²) in [6, 6.07) is 6.09. The number of rotatable bonds is 5. The Morgan fingerprint density at radius 1 is 1.10 bits per heavy atom. The van der Waals surface area contributed by atoms with Crippen molar-refractivity contribution < 1.29 is 21.9 Å². The number of nitrogens with zero attached hydrogens (tertiary/aromatic N) is 1. The fourth-order valence-corrected chi connectivity index (χ4v) is 5.12. The second-order valence-corrected chi connectivity index (χ2v) is 9.37. The van der Waals surface area contributed by atoms with Gasteiger partial charge in [0.05, 0.1) is 11.3 Å². The lowest BCUT2D eigenvalue weighted by Gasteiger charge is -2.38. The van der Waals surface area contributed by atoms with Crippen LogP contribution in [0.25, 0.3) is 0 Å². The second-order valence-electron chi connectivity index (χ2n) is 7.69. The first-order valence-electron chi connectivity index (χ1n) is 9.70. The molecular formula is C20H23F2N3O3S. The lowest BCUT2D eigenvalue weighted by molar-refractivity contribution is -0.0767. The van der Waals surface area contributed by atoms with Crippen LogP contribution in [0.5, 0.6) is 0 Å². The molecule has 1 aliphatic carbocycles. The Kier molecular flexibility index (Phi) is 5.44. The number of anilines is 2. The minimum atomic E-state index is -3.96. The maximum atomic E-state index is 13.3. The smallest absolute Gasteiger partial charge is 0.263 e. The van der Waals surface area contributed by atoms with Crippen molar-refractivity contribution in [3.8, 4) is 0 Å². The number of pyridine rings is 1. The summed E-state index contributed by atoms with van der Waals surface area (Å²) in [5.74, 6) is -1.58. The molecule has 2 fully saturated rings. The van der Waals surface area contributed by atoms with Gasteiger partial charge in [-0.05, 0) is 49.9 Å². The average molecular weight is 423 g/mol. The van der Waals surface area contributed by atoms with Gasteiger partial charge in [0.15, 0.2) is 11.6 Å². The van der Waals surface area contributed by atoms with Crippen LogP contribution >= 0.6 is 0 Å². The topological polar surface area (TPSA) is 80.3 Å². The Morgan fingerprint density at radius 3 is 2.59 bits per heavy atom. The van der Waals surface area contributed by atoms with Gasteiger partial charge in [-0.15, -0.1) is 0 Å². The van der Waals surface area contributed by atoms with Gasteiger partial charge in [-0.25, -0.2) is 22.2 Å². The van der Waals surface area contributed by atoms with Crippen LogP contribution in [0.1, 0.15) is 38.5 Å². The van der Waals surface area contributed by atoms with Crippen LogP contribution in [-0.2, 0) is 14.8 Å². The third-order valence-corrected chi connectivity index (χ3v) is 6.94. The molecule has 1 aromatic heterocycles. The molecule has 2 heterocycles. The molecule has 1 aromatic carbocycles. The van der Waals surface area contributed by atoms with Crippen molar-refractivity contribution in [1.29, 1.82) is 0 Å². The van der Waals surface area contributed by atoms with Crippen LogP contribution in [0.3, 0.4) is 0 Å². The van der Waals surface area contributed by atoms with Gasteiger partial charge in [0.2, 0.25) is 0 Å². The summed E-state index contributed by atoms with van der Waals surface area (Å²) in [7, 11) is -3.96. The summed E-state index contributed by atoms with van der Waals surface area (Å²) >= 11 is 0. The van der Waals surface area contributed by atoms with E-state index in [-0.39, 0.29) is 22.2 Å². The molecule has 156 valence electrons. The Hall–Kier alpha value is -2.26. The van der Waals surface area contributed by atoms with Crippen molar-refractivity contribution in [2.45, 2.75) is 55.1 Å². The van der Waals surface area contributed by atoms with Crippen molar-refractivity contribution in [2.75, 3.05) is 16.6 Å². The van der Waals surface area contributed by atoms with Gasteiger partial charge in [0.1, 0.15) is 10.7 Å². The van der Waals surface area contributed by atoms with Crippen LogP contribution < -0.4 is 10.0 Å². The monoisotopic (exact) mass is 423 g/mol. The maximum Gasteiger partial charge on any atom is 0.263 e. The lowest BCUT2D eigenvalue weighted by Crippen LogP contribution is -2.42. The quantitative estimate of drug-likeness (QED) is 0.758. The summed E-state index contributed by atoms with van der Waals surface area (Å²) in [5.41, 5.74) is -0.0803. The van der Waals surface area contributed by atoms with E-state index >= 15 is 0 Å². The first kappa shape index (κ1) is 20.0. The highest BCUT2D eigenvalue weighted by molar-refractivity contribution is 7.92. The second kappa shape index (κ2) is 7.87. The molecule has 1 saturated carbocycles. The minimum absolute atomic E-state index is 0.0203. The molecule has 2 aliphatic rings. The summed E-state index contributed by atoms with van der Waals surface area (Å²) in [5, 5.41) is 3.38. The number of halogens is 2. The zero-order chi connectivity index (χ0) is 20.5. The van der Waals surface area contributed by atoms with E-state index < -0.39 is 21.7 Å². The summed E-state index contributed by atoms with van der Waals surface area (Å²) in [6.07, 6.45) is 7.62. The molecule has 0 radical (unpaired) electrons. The van der Waals surface area contributed by atoms with Crippen LogP contribution in [0.15, 0.2) is 41.4 Å². The number of nitrogens with one attached hydrogen (secondary N) is 2. The number of hydrogen-bond acceptors (Lipinski definition) is 5. The Morgan fingerprint density at radius 2 is 1.90 bits per heavy atom. The van der Waals surface area contributed by atoms with Crippen molar-refractivity contribution >= 4 is 21.5 Å². The number of sulfonamides is 1. The average Bonchev–Trinajstić information content (AvgIpc) is 3.12. The number of ether oxygens (including phenoxy) is 1. The lowest BCUT2D eigenvalue weighted by atomic mass is 9.89. The predicted octanol–water partition coefficient (Wildman–Crippen LogP) is 4.06. The van der Waals surface area contributed by atoms with Crippen molar-refractivity contribution in [3.63, 3.8) is 0 Å². The molecule has 1 atom stereocenters. The molecular weight excluding hydrogens is 400 g/mol. The van der Waals surface area contributed by atoms with E-state index in [4.69, 9.17) is 4.74 Å². The fraction of sp³-hybridized carbons (Fsp3) is 0.450. The van der Waals surface area contributed by atoms with Gasteiger partial charge in [0.25, 0.3) is 10.0 Å². The molecule has 2 aromatic rings. The van der Waals surface area contributed by atoms with E-state index in [0.717, 1.165) is 43.9 Å². The van der Waals surface area contributed by atoms with Crippen LogP contribution in [0.4, 0.5) is 20.3 Å². The molecule has 2 N–H and O–H groups in total. The zero-order valence-corrected chi connectivity index (χ0v) is 16.6. The normalized spacial score (nSPS) is 21.2. The summed E-state index contributed by atoms with van der Waals surface area (Å²) in [6.45, 7) is 0.711. The van der Waals surface area contributed by atoms with Crippen molar-refractivity contribution in [1.82, 2.24) is 4.98 Å². The van der Waals surface area contributed by atoms with Gasteiger partial charge in [0, 0.05) is 24.9 Å². The molecule has 9 heteroatoms. The minimum Gasteiger partial charge on any atom is -0.375 e. The maximum absolute atomic E-state index is 13.3. The Labute approximate surface area is 168 Å². The van der Waals surface area contributed by atoms with Crippen LogP contribution in [0, 0.1) is 11.6 Å². The van der Waals surface area contributed by atoms with Gasteiger partial charge < -0.3 is 10.1 Å².